The van der Waals surface area contributed by atoms with Gasteiger partial charge in [-0.15, -0.1) is 51.7 Å². The Hall–Kier alpha value is -1.09. The molecule has 2 heterocycles. The molecule has 7 rings (SSSR count). The number of rotatable bonds is 1. The first-order valence-electron chi connectivity index (χ1n) is 11.2. The minimum Gasteiger partial charge on any atom is -1.00 e. The molecular formula is C28H26Cl2Si2Zr-4. The van der Waals surface area contributed by atoms with Gasteiger partial charge in [-0.2, -0.15) is 11.6 Å². The molecule has 0 aromatic heterocycles. The van der Waals surface area contributed by atoms with Gasteiger partial charge in [0.2, 0.25) is 0 Å². The Kier molecular flexibility index (Phi) is 10.5. The molecule has 33 heavy (non-hydrogen) atoms. The van der Waals surface area contributed by atoms with Crippen LogP contribution < -0.4 is 24.8 Å². The summed E-state index contributed by atoms with van der Waals surface area (Å²) in [7, 11) is 0. The molecule has 5 heteroatoms. The van der Waals surface area contributed by atoms with Crippen LogP contribution in [0.1, 0.15) is 12.0 Å². The predicted molar refractivity (Wildman–Crippen MR) is 135 cm³/mol. The molecule has 0 spiro atoms. The van der Waals surface area contributed by atoms with Crippen molar-refractivity contribution in [2.45, 2.75) is 30.6 Å². The standard InChI is InChI=1S/C13H9.C11H9.C4H8Si2.2ClH.Zr/c1-3-7-12-10(5-1)9-11-6-2-4-8-13(11)12;1-2-6-10(7-3-1)11-8-4-5-9-11;1-2-6-4-3-5-1;;;/h1-9H;1-3,6-9H,4H2;1-4H2;2*1H;/q2*-1;;;;/p-2. The van der Waals surface area contributed by atoms with Crippen LogP contribution in [0.4, 0.5) is 0 Å². The van der Waals surface area contributed by atoms with Crippen molar-refractivity contribution in [2.75, 3.05) is 0 Å². The summed E-state index contributed by atoms with van der Waals surface area (Å²) in [6, 6.07) is 36.8. The van der Waals surface area contributed by atoms with E-state index in [0.717, 1.165) is 6.42 Å². The molecule has 0 N–H and O–H groups in total. The smallest absolute Gasteiger partial charge is 0.0623 e. The van der Waals surface area contributed by atoms with Crippen LogP contribution in [-0.4, -0.2) is 10.9 Å². The van der Waals surface area contributed by atoms with Crippen LogP contribution in [-0.2, 0) is 20.5 Å². The van der Waals surface area contributed by atoms with E-state index in [4.69, 9.17) is 0 Å². The summed E-state index contributed by atoms with van der Waals surface area (Å²) in [5.41, 5.74) is 3.66. The van der Waals surface area contributed by atoms with E-state index in [0.29, 0.717) is 31.3 Å². The van der Waals surface area contributed by atoms with Crippen molar-refractivity contribution in [2.24, 2.45) is 0 Å². The van der Waals surface area contributed by atoms with Crippen molar-refractivity contribution in [3.63, 3.8) is 0 Å². The second-order valence-corrected chi connectivity index (χ2v) is 29.6. The SMILES string of the molecule is C1C[Si]2=[Zr]=[Si]1CC2.[C-]1=CC(c2ccccc2)=CC1.[Cl-].[Cl-].c1ccc2c(c1)[cH-]c1ccccc12. The van der Waals surface area contributed by atoms with E-state index < -0.39 is 0 Å². The quantitative estimate of drug-likeness (QED) is 0.237. The van der Waals surface area contributed by atoms with Gasteiger partial charge < -0.3 is 24.8 Å². The van der Waals surface area contributed by atoms with Crippen LogP contribution in [0.5, 0.6) is 0 Å². The van der Waals surface area contributed by atoms with Gasteiger partial charge in [-0.05, 0) is 0 Å². The maximum atomic E-state index is 3.15. The molecule has 0 unspecified atom stereocenters. The molecule has 0 amide bonds. The van der Waals surface area contributed by atoms with E-state index in [1.807, 2.05) is 6.07 Å². The predicted octanol–water partition coefficient (Wildman–Crippen LogP) is 1.63. The van der Waals surface area contributed by atoms with Crippen LogP contribution >= 0.6 is 0 Å². The van der Waals surface area contributed by atoms with Gasteiger partial charge in [0.05, 0.1) is 0 Å². The Morgan fingerprint density at radius 2 is 1.18 bits per heavy atom. The van der Waals surface area contributed by atoms with Gasteiger partial charge in [-0.1, -0.05) is 66.7 Å². The number of halogens is 2. The topological polar surface area (TPSA) is 0 Å². The molecule has 0 radical (unpaired) electrons. The Labute approximate surface area is 221 Å². The van der Waals surface area contributed by atoms with Gasteiger partial charge >= 0.3 is 55.5 Å². The van der Waals surface area contributed by atoms with Crippen LogP contribution in [0.2, 0.25) is 24.2 Å². The first-order valence-corrected chi connectivity index (χ1v) is 22.4. The zero-order valence-corrected chi connectivity index (χ0v) is 24.5. The molecule has 0 nitrogen and oxygen atoms in total. The summed E-state index contributed by atoms with van der Waals surface area (Å²) in [6.07, 6.45) is 8.36. The number of benzene rings is 3. The number of allylic oxidation sites excluding steroid dienone is 4. The first kappa shape index (κ1) is 26.5. The summed E-state index contributed by atoms with van der Waals surface area (Å²) >= 11 is 0.465. The van der Waals surface area contributed by atoms with Gasteiger partial charge in [0, 0.05) is 0 Å². The molecule has 4 aromatic carbocycles. The average Bonchev–Trinajstić information content (AvgIpc) is 3.65. The summed E-state index contributed by atoms with van der Waals surface area (Å²) in [4.78, 5) is 0. The fraction of sp³-hybridized carbons (Fsp3) is 0.179. The van der Waals surface area contributed by atoms with Crippen molar-refractivity contribution >= 4 is 38.0 Å². The largest absolute Gasteiger partial charge is 1.00 e. The number of fused-ring (bicyclic) bond motifs is 3. The van der Waals surface area contributed by atoms with Gasteiger partial charge in [0.1, 0.15) is 0 Å². The van der Waals surface area contributed by atoms with Gasteiger partial charge in [-0.3, -0.25) is 6.08 Å². The monoisotopic (exact) mass is 578 g/mol. The van der Waals surface area contributed by atoms with E-state index in [1.165, 1.54) is 32.7 Å². The second-order valence-electron chi connectivity index (χ2n) is 8.23. The number of hydrogen-bond donors (Lipinski definition) is 0. The van der Waals surface area contributed by atoms with Crippen LogP contribution in [0.25, 0.3) is 27.1 Å². The van der Waals surface area contributed by atoms with E-state index in [9.17, 15) is 0 Å². The number of hydrogen-bond acceptors (Lipinski definition) is 0. The van der Waals surface area contributed by atoms with Crippen molar-refractivity contribution in [3.05, 3.63) is 109 Å². The minimum atomic E-state index is 0. The van der Waals surface area contributed by atoms with E-state index in [2.05, 4.69) is 97.1 Å². The fourth-order valence-electron chi connectivity index (χ4n) is 4.49. The summed E-state index contributed by atoms with van der Waals surface area (Å²) < 4.78 is 0. The molecule has 0 saturated heterocycles. The molecule has 168 valence electrons. The minimum absolute atomic E-state index is 0. The maximum absolute atomic E-state index is 3.15. The molecule has 0 fully saturated rings. The molecular weight excluding hydrogens is 555 g/mol. The molecule has 2 bridgehead atoms. The molecule has 0 saturated carbocycles. The summed E-state index contributed by atoms with van der Waals surface area (Å²) in [6.45, 7) is 0. The van der Waals surface area contributed by atoms with Gasteiger partial charge in [0.25, 0.3) is 0 Å². The Morgan fingerprint density at radius 3 is 1.64 bits per heavy atom. The zero-order chi connectivity index (χ0) is 20.9. The van der Waals surface area contributed by atoms with Crippen LogP contribution in [0, 0.1) is 6.08 Å². The van der Waals surface area contributed by atoms with Crippen molar-refractivity contribution in [1.82, 2.24) is 0 Å². The van der Waals surface area contributed by atoms with Crippen molar-refractivity contribution in [3.8, 4) is 0 Å². The Morgan fingerprint density at radius 1 is 0.667 bits per heavy atom. The van der Waals surface area contributed by atoms with Crippen molar-refractivity contribution < 1.29 is 45.3 Å². The molecule has 4 aromatic rings. The van der Waals surface area contributed by atoms with Gasteiger partial charge in [0.15, 0.2) is 0 Å². The van der Waals surface area contributed by atoms with Crippen LogP contribution in [0.3, 0.4) is 0 Å². The van der Waals surface area contributed by atoms with Crippen molar-refractivity contribution in [1.29, 1.82) is 0 Å². The molecule has 3 aliphatic rings. The Balaban J connectivity index is 0.000000140. The zero-order valence-electron chi connectivity index (χ0n) is 18.5. The fourth-order valence-corrected chi connectivity index (χ4v) is 47.0. The van der Waals surface area contributed by atoms with E-state index >= 15 is 0 Å². The third-order valence-electron chi connectivity index (χ3n) is 6.14. The average molecular weight is 581 g/mol. The molecule has 0 atom stereocenters. The van der Waals surface area contributed by atoms with Gasteiger partial charge in [-0.25, -0.2) is 6.08 Å². The third-order valence-corrected chi connectivity index (χ3v) is 36.4. The molecule has 2 aliphatic heterocycles. The summed E-state index contributed by atoms with van der Waals surface area (Å²) in [5, 5.41) is 5.39. The maximum Gasteiger partial charge on any atom is -0.0623 e. The molecule has 1 aliphatic carbocycles. The second kappa shape index (κ2) is 13.1. The third kappa shape index (κ3) is 6.74. The van der Waals surface area contributed by atoms with Crippen LogP contribution in [0.15, 0.2) is 97.1 Å². The summed E-state index contributed by atoms with van der Waals surface area (Å²) in [5.74, 6) is 0. The van der Waals surface area contributed by atoms with E-state index in [-0.39, 0.29) is 24.8 Å². The first-order chi connectivity index (χ1) is 15.4. The van der Waals surface area contributed by atoms with E-state index in [1.54, 1.807) is 24.2 Å². The normalized spacial score (nSPS) is 14.7. The Bertz CT molecular complexity index is 1270.